The third-order valence-corrected chi connectivity index (χ3v) is 28.2. The molecule has 11 heterocycles. The molecule has 1 spiro atoms. The summed E-state index contributed by atoms with van der Waals surface area (Å²) in [6.45, 7) is 17.7. The van der Waals surface area contributed by atoms with Gasteiger partial charge in [-0.05, 0) is 137 Å². The lowest BCUT2D eigenvalue weighted by molar-refractivity contribution is -0.342. The first-order valence-corrected chi connectivity index (χ1v) is 43.9. The van der Waals surface area contributed by atoms with Crippen molar-refractivity contribution in [3.63, 3.8) is 0 Å². The number of esters is 1. The van der Waals surface area contributed by atoms with E-state index in [2.05, 4.69) is 229 Å². The molecule has 0 N–H and O–H groups in total. The van der Waals surface area contributed by atoms with E-state index in [1.807, 2.05) is 12.1 Å². The Morgan fingerprint density at radius 1 is 0.556 bits per heavy atom. The van der Waals surface area contributed by atoms with Crippen molar-refractivity contribution >= 4 is 50.0 Å². The summed E-state index contributed by atoms with van der Waals surface area (Å²) in [6, 6.07) is 55.2. The predicted octanol–water partition coefficient (Wildman–Crippen LogP) is 17.5. The third kappa shape index (κ3) is 17.5. The number of methoxy groups -OCH3 is 1. The van der Waals surface area contributed by atoms with Gasteiger partial charge in [-0.25, -0.2) is 4.79 Å². The Kier molecular flexibility index (Phi) is 24.9. The Balaban J connectivity index is 0.626. The molecule has 18 rings (SSSR count). The van der Waals surface area contributed by atoms with Gasteiger partial charge in [0.2, 0.25) is 0 Å². The Bertz CT molecular complexity index is 4680. The predicted molar refractivity (Wildman–Crippen MR) is 447 cm³/mol. The van der Waals surface area contributed by atoms with Crippen molar-refractivity contribution in [2.75, 3.05) is 20.3 Å². The van der Waals surface area contributed by atoms with E-state index in [0.29, 0.717) is 77.8 Å². The molecule has 0 aliphatic carbocycles. The molecule has 7 aromatic rings. The Labute approximate surface area is 692 Å². The lowest BCUT2D eigenvalue weighted by Gasteiger charge is -2.54. The second-order valence-electron chi connectivity index (χ2n) is 34.7. The molecule has 117 heavy (non-hydrogen) atoms. The summed E-state index contributed by atoms with van der Waals surface area (Å²) in [4.78, 5) is 14.1. The normalized spacial score (nSPS) is 38.1. The monoisotopic (exact) mass is 1610 g/mol. The summed E-state index contributed by atoms with van der Waals surface area (Å²) in [6.07, 6.45) is 15.2. The molecular weight excluding hydrogens is 1500 g/mol. The summed E-state index contributed by atoms with van der Waals surface area (Å²) in [5, 5.41) is 6.95. The number of thioether (sulfide) groups is 1. The van der Waals surface area contributed by atoms with E-state index in [1.165, 1.54) is 41.0 Å². The highest BCUT2D eigenvalue weighted by atomic mass is 32.2. The molecule has 18 nitrogen and oxygen atoms in total. The molecule has 7 aromatic carbocycles. The Morgan fingerprint density at radius 2 is 1.16 bits per heavy atom. The minimum absolute atomic E-state index is 0.0607. The fourth-order valence-corrected chi connectivity index (χ4v) is 21.7. The van der Waals surface area contributed by atoms with Gasteiger partial charge in [0.05, 0.1) is 138 Å². The van der Waals surface area contributed by atoms with E-state index in [1.54, 1.807) is 11.8 Å². The third-order valence-electron chi connectivity index (χ3n) is 27.1. The Hall–Kier alpha value is -6.96. The van der Waals surface area contributed by atoms with Crippen LogP contribution in [0.3, 0.4) is 0 Å². The lowest BCUT2D eigenvalue weighted by atomic mass is 9.76. The SMILES string of the molecule is C=CC[C@H]1O[C@H]2C=C[C@H]3O[C@H]4[C@H](OCc5ccc6ccccc6c5)[C@H]5OCC=CC[C@@H]5O[C@@H]4C[C@@H]3O[C@@H]2C/C=C\[C@@H]1OC(C[C@@H](OCc1ccc2ccccc2c1)[C@]1(C)O[C@@H]2C[C@H](C)C[C@@H]3O[C@@H]4[C@@H](C)[C@H](OCc5ccc6ccccc6c5)[C@@H]5O[C@]6(CCCO6)[C@@H](C)[C@H](C)[C@H]5O[C@H]4C[C@H]3O[C@H]2C[C@H]1O/C=C/C(=O)OC)Sc1ccccc1. The number of hydrogen-bond acceptors (Lipinski definition) is 19. The van der Waals surface area contributed by atoms with Crippen molar-refractivity contribution in [3.8, 4) is 0 Å². The van der Waals surface area contributed by atoms with Crippen LogP contribution < -0.4 is 0 Å². The van der Waals surface area contributed by atoms with E-state index >= 15 is 0 Å². The zero-order valence-corrected chi connectivity index (χ0v) is 68.9. The second kappa shape index (κ2) is 36.0. The van der Waals surface area contributed by atoms with E-state index in [-0.39, 0.29) is 97.4 Å². The van der Waals surface area contributed by atoms with E-state index in [9.17, 15) is 4.79 Å². The molecule has 8 fully saturated rings. The van der Waals surface area contributed by atoms with E-state index in [4.69, 9.17) is 80.5 Å². The maximum Gasteiger partial charge on any atom is 0.333 e. The molecule has 19 heteroatoms. The van der Waals surface area contributed by atoms with Crippen LogP contribution in [0.15, 0.2) is 224 Å². The molecule has 0 amide bonds. The first-order chi connectivity index (χ1) is 57.2. The van der Waals surface area contributed by atoms with Crippen molar-refractivity contribution in [2.45, 2.75) is 281 Å². The number of benzene rings is 7. The van der Waals surface area contributed by atoms with Crippen LogP contribution in [0.5, 0.6) is 0 Å². The summed E-state index contributed by atoms with van der Waals surface area (Å²) in [7, 11) is 1.36. The highest BCUT2D eigenvalue weighted by Crippen LogP contribution is 2.53. The lowest BCUT2D eigenvalue weighted by Crippen LogP contribution is -2.64. The molecule has 0 radical (unpaired) electrons. The zero-order valence-electron chi connectivity index (χ0n) is 68.1. The molecule has 0 bridgehead atoms. The Morgan fingerprint density at radius 3 is 1.85 bits per heavy atom. The molecule has 1 unspecified atom stereocenters. The molecule has 620 valence electrons. The average Bonchev–Trinajstić information content (AvgIpc) is 1.58. The average molecular weight is 1610 g/mol. The molecule has 0 aromatic heterocycles. The first kappa shape index (κ1) is 81.1. The van der Waals surface area contributed by atoms with Crippen LogP contribution in [0.4, 0.5) is 0 Å². The largest absolute Gasteiger partial charge is 0.495 e. The van der Waals surface area contributed by atoms with Gasteiger partial charge in [-0.3, -0.25) is 0 Å². The summed E-state index contributed by atoms with van der Waals surface area (Å²) in [5.74, 6) is -1.16. The minimum atomic E-state index is -1.21. The topological polar surface area (TPSA) is 174 Å². The van der Waals surface area contributed by atoms with E-state index < -0.39 is 89.9 Å². The van der Waals surface area contributed by atoms with Gasteiger partial charge < -0.3 is 80.5 Å². The van der Waals surface area contributed by atoms with Crippen molar-refractivity contribution in [3.05, 3.63) is 236 Å². The number of rotatable bonds is 21. The maximum absolute atomic E-state index is 13.1. The van der Waals surface area contributed by atoms with Crippen molar-refractivity contribution in [1.82, 2.24) is 0 Å². The van der Waals surface area contributed by atoms with Crippen LogP contribution in [0.25, 0.3) is 32.3 Å². The van der Waals surface area contributed by atoms with Gasteiger partial charge in [0.1, 0.15) is 59.9 Å². The van der Waals surface area contributed by atoms with Gasteiger partial charge in [0, 0.05) is 48.8 Å². The minimum Gasteiger partial charge on any atom is -0.495 e. The van der Waals surface area contributed by atoms with Crippen LogP contribution in [0.2, 0.25) is 0 Å². The van der Waals surface area contributed by atoms with Crippen molar-refractivity contribution in [2.24, 2.45) is 23.7 Å². The molecule has 11 aliphatic rings. The highest BCUT2D eigenvalue weighted by Gasteiger charge is 2.63. The van der Waals surface area contributed by atoms with Crippen LogP contribution in [0, 0.1) is 23.7 Å². The summed E-state index contributed by atoms with van der Waals surface area (Å²) < 4.78 is 122. The fraction of sp³-hybridized carbons (Fsp3) is 0.520. The molecule has 0 saturated carbocycles. The number of fused-ring (bicyclic) bond motifs is 11. The van der Waals surface area contributed by atoms with Crippen LogP contribution in [-0.4, -0.2) is 177 Å². The molecule has 11 aliphatic heterocycles. The van der Waals surface area contributed by atoms with Gasteiger partial charge >= 0.3 is 5.97 Å². The molecule has 8 saturated heterocycles. The van der Waals surface area contributed by atoms with Crippen molar-refractivity contribution < 1.29 is 85.3 Å². The van der Waals surface area contributed by atoms with Gasteiger partial charge in [0.25, 0.3) is 0 Å². The molecular formula is C98H114O18S. The smallest absolute Gasteiger partial charge is 0.333 e. The zero-order chi connectivity index (χ0) is 79.7. The second-order valence-corrected chi connectivity index (χ2v) is 36.0. The van der Waals surface area contributed by atoms with Gasteiger partial charge in [-0.2, -0.15) is 0 Å². The van der Waals surface area contributed by atoms with Crippen LogP contribution >= 0.6 is 11.8 Å². The number of carbonyl (C=O) groups is 1. The van der Waals surface area contributed by atoms with Crippen molar-refractivity contribution in [1.29, 1.82) is 0 Å². The standard InChI is InChI=1S/C98H114O18S/c1-8-22-73-75(33-20-32-74-76(107-73)40-41-77-80(108-74)52-85-94(112-77)95(93-78(109-85)31-18-19-44-102-93)105-58-65-36-39-68-25-14-17-28-71(68)51-65)111-89(117-72-29-10-9-11-30-72)55-87(103-56-63-34-37-66-23-12-15-26-69(66)49-63)97(6)86(101-46-42-88(99)100-7)54-82-83(115-97)48-59(2)47-79-81(110-82)53-84-90(113-79)61(4)91(104-57-64-35-38-67-24-13-16-27-70(67)50-64)96-92(114-84)60(3)62(5)98(116-96)43-21-45-106-98/h8-20,23-30,33-42,46,49-51,59-62,73-87,89-96H,1,21-22,31-32,43-45,47-48,52-58H2,2-7H3/b33-20-,46-42+/t59-,60+,61-,62+,73-,74-,75+,76+,77-,78+,79+,80+,81-,82+,83-,84+,85-,86-,87-,89?,90-,91+,92-,93+,94-,95-,96+,97-,98-/m1/s1. The van der Waals surface area contributed by atoms with E-state index in [0.717, 1.165) is 51.6 Å². The highest BCUT2D eigenvalue weighted by molar-refractivity contribution is 7.99. The fourth-order valence-electron chi connectivity index (χ4n) is 20.7. The summed E-state index contributed by atoms with van der Waals surface area (Å²) in [5.41, 5.74) is 1.38. The first-order valence-electron chi connectivity index (χ1n) is 43.0. The molecule has 29 atom stereocenters. The number of ether oxygens (including phenoxy) is 17. The van der Waals surface area contributed by atoms with Crippen LogP contribution in [0.1, 0.15) is 122 Å². The van der Waals surface area contributed by atoms with Gasteiger partial charge in [-0.1, -0.05) is 209 Å². The number of hydrogen-bond donors (Lipinski definition) is 0. The van der Waals surface area contributed by atoms with Gasteiger partial charge in [-0.15, -0.1) is 6.58 Å². The van der Waals surface area contributed by atoms with Gasteiger partial charge in [0.15, 0.2) is 5.79 Å². The quantitative estimate of drug-likeness (QED) is 0.0166. The van der Waals surface area contributed by atoms with Crippen LogP contribution in [-0.2, 0) is 105 Å². The maximum atomic E-state index is 13.1. The number of carbonyl (C=O) groups excluding carboxylic acids is 1. The summed E-state index contributed by atoms with van der Waals surface area (Å²) >= 11 is 1.63.